The van der Waals surface area contributed by atoms with Gasteiger partial charge in [-0.05, 0) is 30.7 Å². The van der Waals surface area contributed by atoms with Gasteiger partial charge in [0.15, 0.2) is 0 Å². The van der Waals surface area contributed by atoms with E-state index in [9.17, 15) is 4.79 Å². The van der Waals surface area contributed by atoms with E-state index in [1.54, 1.807) is 30.5 Å². The fraction of sp³-hybridized carbons (Fsp3) is 0.176. The maximum Gasteiger partial charge on any atom is 0.253 e. The van der Waals surface area contributed by atoms with Crippen LogP contribution in [0.3, 0.4) is 0 Å². The number of H-pyrrole nitrogens is 1. The molecule has 3 rings (SSSR count). The average Bonchev–Trinajstić information content (AvgIpc) is 3.04. The van der Waals surface area contributed by atoms with Crippen LogP contribution in [-0.4, -0.2) is 29.3 Å². The number of carbonyl (C=O) groups excluding carboxylic acids is 1. The van der Waals surface area contributed by atoms with E-state index in [-0.39, 0.29) is 5.91 Å². The van der Waals surface area contributed by atoms with E-state index in [4.69, 9.17) is 27.9 Å². The number of nitrogens with one attached hydrogen (secondary N) is 2. The molecule has 0 aliphatic heterocycles. The number of halogens is 2. The van der Waals surface area contributed by atoms with Crippen LogP contribution in [0.25, 0.3) is 10.9 Å². The second-order valence-electron chi connectivity index (χ2n) is 5.17. The van der Waals surface area contributed by atoms with Gasteiger partial charge in [0.25, 0.3) is 5.91 Å². The summed E-state index contributed by atoms with van der Waals surface area (Å²) in [6.07, 6.45) is 2.35. The summed E-state index contributed by atoms with van der Waals surface area (Å²) < 4.78 is 5.58. The van der Waals surface area contributed by atoms with Crippen LogP contribution < -0.4 is 10.1 Å². The van der Waals surface area contributed by atoms with Crippen LogP contribution in [0.4, 0.5) is 0 Å². The number of aromatic nitrogens is 2. The number of hydrogen-bond acceptors (Lipinski definition) is 3. The highest BCUT2D eigenvalue weighted by Gasteiger charge is 2.10. The number of benzene rings is 2. The Morgan fingerprint density at radius 2 is 2.12 bits per heavy atom. The van der Waals surface area contributed by atoms with Crippen LogP contribution in [0.15, 0.2) is 42.6 Å². The largest absolute Gasteiger partial charge is 0.492 e. The number of para-hydroxylation sites is 1. The van der Waals surface area contributed by atoms with E-state index in [1.807, 2.05) is 12.1 Å². The quantitative estimate of drug-likeness (QED) is 0.648. The summed E-state index contributed by atoms with van der Waals surface area (Å²) in [6.45, 7) is 0.935. The third-order valence-corrected chi connectivity index (χ3v) is 4.01. The number of amides is 1. The minimum absolute atomic E-state index is 0.144. The van der Waals surface area contributed by atoms with Crippen molar-refractivity contribution in [3.8, 4) is 5.75 Å². The van der Waals surface area contributed by atoms with Crippen molar-refractivity contribution in [2.75, 3.05) is 13.2 Å². The number of ether oxygens (including phenoxy) is 1. The topological polar surface area (TPSA) is 67.0 Å². The van der Waals surface area contributed by atoms with Gasteiger partial charge in [0, 0.05) is 17.0 Å². The summed E-state index contributed by atoms with van der Waals surface area (Å²) in [5, 5.41) is 11.6. The van der Waals surface area contributed by atoms with Gasteiger partial charge in [0.05, 0.1) is 28.9 Å². The van der Waals surface area contributed by atoms with Gasteiger partial charge in [0.2, 0.25) is 0 Å². The Morgan fingerprint density at radius 1 is 1.25 bits per heavy atom. The molecule has 24 heavy (non-hydrogen) atoms. The zero-order valence-corrected chi connectivity index (χ0v) is 14.2. The van der Waals surface area contributed by atoms with Crippen molar-refractivity contribution >= 4 is 40.0 Å². The Morgan fingerprint density at radius 3 is 2.96 bits per heavy atom. The van der Waals surface area contributed by atoms with E-state index in [0.717, 1.165) is 10.9 Å². The normalized spacial score (nSPS) is 10.8. The SMILES string of the molecule is O=C(NCCCOc1ccc(Cl)cc1Cl)c1cccc2cn[nH]c12. The molecule has 1 amide bonds. The second-order valence-corrected chi connectivity index (χ2v) is 6.02. The second kappa shape index (κ2) is 7.55. The Balaban J connectivity index is 1.48. The van der Waals surface area contributed by atoms with Crippen LogP contribution in [0.1, 0.15) is 16.8 Å². The minimum atomic E-state index is -0.144. The molecule has 2 aromatic carbocycles. The molecule has 0 saturated carbocycles. The van der Waals surface area contributed by atoms with Crippen molar-refractivity contribution in [3.05, 3.63) is 58.2 Å². The van der Waals surface area contributed by atoms with Crippen molar-refractivity contribution < 1.29 is 9.53 Å². The maximum atomic E-state index is 12.2. The molecule has 0 unspecified atom stereocenters. The summed E-state index contributed by atoms with van der Waals surface area (Å²) in [7, 11) is 0. The lowest BCUT2D eigenvalue weighted by atomic mass is 10.1. The minimum Gasteiger partial charge on any atom is -0.492 e. The molecule has 0 aliphatic carbocycles. The van der Waals surface area contributed by atoms with E-state index in [1.165, 1.54) is 0 Å². The predicted molar refractivity (Wildman–Crippen MR) is 95.0 cm³/mol. The zero-order chi connectivity index (χ0) is 16.9. The molecule has 3 aromatic rings. The molecule has 7 heteroatoms. The number of aromatic amines is 1. The number of hydrogen-bond donors (Lipinski definition) is 2. The van der Waals surface area contributed by atoms with Crippen LogP contribution >= 0.6 is 23.2 Å². The fourth-order valence-corrected chi connectivity index (χ4v) is 2.76. The molecule has 2 N–H and O–H groups in total. The van der Waals surface area contributed by atoms with Gasteiger partial charge in [-0.1, -0.05) is 35.3 Å². The summed E-state index contributed by atoms with van der Waals surface area (Å²) >= 11 is 11.9. The molecular weight excluding hydrogens is 349 g/mol. The summed E-state index contributed by atoms with van der Waals surface area (Å²) in [4.78, 5) is 12.2. The lowest BCUT2D eigenvalue weighted by Crippen LogP contribution is -2.25. The van der Waals surface area contributed by atoms with Gasteiger partial charge in [-0.3, -0.25) is 9.89 Å². The maximum absolute atomic E-state index is 12.2. The molecular formula is C17H15Cl2N3O2. The van der Waals surface area contributed by atoms with E-state index < -0.39 is 0 Å². The average molecular weight is 364 g/mol. The fourth-order valence-electron chi connectivity index (χ4n) is 2.30. The van der Waals surface area contributed by atoms with Gasteiger partial charge >= 0.3 is 0 Å². The molecule has 0 spiro atoms. The Kier molecular flexibility index (Phi) is 5.23. The van der Waals surface area contributed by atoms with Crippen molar-refractivity contribution in [1.82, 2.24) is 15.5 Å². The molecule has 0 saturated heterocycles. The molecule has 0 bridgehead atoms. The molecule has 0 fully saturated rings. The number of nitrogens with zero attached hydrogens (tertiary/aromatic N) is 1. The first-order valence-corrected chi connectivity index (χ1v) is 8.19. The summed E-state index contributed by atoms with van der Waals surface area (Å²) in [5.41, 5.74) is 1.31. The van der Waals surface area contributed by atoms with Gasteiger partial charge in [-0.25, -0.2) is 0 Å². The molecule has 0 radical (unpaired) electrons. The highest BCUT2D eigenvalue weighted by molar-refractivity contribution is 6.35. The van der Waals surface area contributed by atoms with Gasteiger partial charge < -0.3 is 10.1 Å². The molecule has 124 valence electrons. The zero-order valence-electron chi connectivity index (χ0n) is 12.7. The third-order valence-electron chi connectivity index (χ3n) is 3.48. The first-order chi connectivity index (χ1) is 11.6. The first kappa shape index (κ1) is 16.6. The summed E-state index contributed by atoms with van der Waals surface area (Å²) in [5.74, 6) is 0.434. The molecule has 0 atom stereocenters. The Hall–Kier alpha value is -2.24. The van der Waals surface area contributed by atoms with E-state index in [0.29, 0.717) is 40.9 Å². The van der Waals surface area contributed by atoms with Crippen molar-refractivity contribution in [2.45, 2.75) is 6.42 Å². The van der Waals surface area contributed by atoms with Crippen LogP contribution in [-0.2, 0) is 0 Å². The summed E-state index contributed by atoms with van der Waals surface area (Å²) in [6, 6.07) is 10.6. The molecule has 0 aliphatic rings. The smallest absolute Gasteiger partial charge is 0.253 e. The van der Waals surface area contributed by atoms with Gasteiger partial charge in [-0.2, -0.15) is 5.10 Å². The van der Waals surface area contributed by atoms with Crippen molar-refractivity contribution in [1.29, 1.82) is 0 Å². The standard InChI is InChI=1S/C17H15Cl2N3O2/c18-12-5-6-15(14(19)9-12)24-8-2-7-20-17(23)13-4-1-3-11-10-21-22-16(11)13/h1,3-6,9-10H,2,7-8H2,(H,20,23)(H,21,22). The van der Waals surface area contributed by atoms with Gasteiger partial charge in [0.1, 0.15) is 5.75 Å². The number of rotatable bonds is 6. The van der Waals surface area contributed by atoms with Crippen molar-refractivity contribution in [2.24, 2.45) is 0 Å². The Labute approximate surface area is 148 Å². The molecule has 1 aromatic heterocycles. The highest BCUT2D eigenvalue weighted by atomic mass is 35.5. The van der Waals surface area contributed by atoms with Crippen LogP contribution in [0, 0.1) is 0 Å². The number of fused-ring (bicyclic) bond motifs is 1. The lowest BCUT2D eigenvalue weighted by Gasteiger charge is -2.09. The molecule has 5 nitrogen and oxygen atoms in total. The molecule has 1 heterocycles. The van der Waals surface area contributed by atoms with Gasteiger partial charge in [-0.15, -0.1) is 0 Å². The highest BCUT2D eigenvalue weighted by Crippen LogP contribution is 2.27. The van der Waals surface area contributed by atoms with Crippen molar-refractivity contribution in [3.63, 3.8) is 0 Å². The third kappa shape index (κ3) is 3.80. The first-order valence-electron chi connectivity index (χ1n) is 7.43. The lowest BCUT2D eigenvalue weighted by molar-refractivity contribution is 0.0953. The predicted octanol–water partition coefficient (Wildman–Crippen LogP) is 4.07. The van der Waals surface area contributed by atoms with E-state index >= 15 is 0 Å². The van der Waals surface area contributed by atoms with Crippen LogP contribution in [0.5, 0.6) is 5.75 Å². The number of carbonyl (C=O) groups is 1. The van der Waals surface area contributed by atoms with Crippen LogP contribution in [0.2, 0.25) is 10.0 Å². The van der Waals surface area contributed by atoms with E-state index in [2.05, 4.69) is 15.5 Å². The Bertz CT molecular complexity index is 864. The monoisotopic (exact) mass is 363 g/mol.